The monoisotopic (exact) mass is 464 g/mol. The summed E-state index contributed by atoms with van der Waals surface area (Å²) in [7, 11) is -2.21. The van der Waals surface area contributed by atoms with Gasteiger partial charge in [0.1, 0.15) is 22.1 Å². The van der Waals surface area contributed by atoms with Crippen LogP contribution in [0.4, 0.5) is 5.69 Å². The molecule has 1 N–H and O–H groups in total. The first-order valence-electron chi connectivity index (χ1n) is 10.4. The molecule has 0 saturated carbocycles. The number of hydrogen-bond donors (Lipinski definition) is 1. The highest BCUT2D eigenvalue weighted by atomic mass is 32.2. The average molecular weight is 465 g/mol. The summed E-state index contributed by atoms with van der Waals surface area (Å²) in [6, 6.07) is 11.7. The van der Waals surface area contributed by atoms with E-state index in [4.69, 9.17) is 18.9 Å². The number of sulfonamides is 1. The van der Waals surface area contributed by atoms with Gasteiger partial charge in [0.25, 0.3) is 0 Å². The van der Waals surface area contributed by atoms with E-state index in [0.717, 1.165) is 0 Å². The Balaban J connectivity index is 1.65. The molecule has 0 radical (unpaired) electrons. The SMILES string of the molecule is CCOc1ccc(NC(=O)CCOc2ccc(OC)cc2)cc1S(=O)(=O)N1CCOCC1. The quantitative estimate of drug-likeness (QED) is 0.576. The molecule has 1 fully saturated rings. The van der Waals surface area contributed by atoms with Crippen molar-refractivity contribution in [2.45, 2.75) is 18.2 Å². The summed E-state index contributed by atoms with van der Waals surface area (Å²) in [4.78, 5) is 12.4. The predicted octanol–water partition coefficient (Wildman–Crippen LogP) is 2.52. The minimum Gasteiger partial charge on any atom is -0.497 e. The zero-order chi connectivity index (χ0) is 23.0. The maximum Gasteiger partial charge on any atom is 0.246 e. The summed E-state index contributed by atoms with van der Waals surface area (Å²) in [5, 5.41) is 2.73. The number of nitrogens with one attached hydrogen (secondary N) is 1. The van der Waals surface area contributed by atoms with Crippen molar-refractivity contribution in [1.29, 1.82) is 0 Å². The molecule has 1 heterocycles. The molecular weight excluding hydrogens is 436 g/mol. The van der Waals surface area contributed by atoms with Crippen LogP contribution < -0.4 is 19.5 Å². The molecule has 1 amide bonds. The number of hydrogen-bond acceptors (Lipinski definition) is 7. The molecule has 174 valence electrons. The van der Waals surface area contributed by atoms with E-state index in [1.807, 2.05) is 0 Å². The van der Waals surface area contributed by atoms with Crippen LogP contribution in [0.15, 0.2) is 47.4 Å². The Kier molecular flexibility index (Phi) is 8.32. The first kappa shape index (κ1) is 23.8. The Labute approximate surface area is 188 Å². The zero-order valence-corrected chi connectivity index (χ0v) is 19.0. The number of rotatable bonds is 10. The van der Waals surface area contributed by atoms with Crippen LogP contribution in [0.1, 0.15) is 13.3 Å². The molecule has 0 atom stereocenters. The second-order valence-corrected chi connectivity index (χ2v) is 8.84. The fraction of sp³-hybridized carbons (Fsp3) is 0.409. The molecule has 0 bridgehead atoms. The molecule has 3 rings (SSSR count). The second-order valence-electron chi connectivity index (χ2n) is 6.93. The third-order valence-corrected chi connectivity index (χ3v) is 6.69. The number of carbonyl (C=O) groups is 1. The smallest absolute Gasteiger partial charge is 0.246 e. The first-order valence-corrected chi connectivity index (χ1v) is 11.8. The van der Waals surface area contributed by atoms with Crippen LogP contribution in [0.2, 0.25) is 0 Å². The number of amides is 1. The summed E-state index contributed by atoms with van der Waals surface area (Å²) in [6.45, 7) is 3.50. The van der Waals surface area contributed by atoms with Gasteiger partial charge in [-0.2, -0.15) is 4.31 Å². The van der Waals surface area contributed by atoms with Gasteiger partial charge in [-0.15, -0.1) is 0 Å². The Hall–Kier alpha value is -2.82. The van der Waals surface area contributed by atoms with E-state index in [-0.39, 0.29) is 42.7 Å². The highest BCUT2D eigenvalue weighted by Crippen LogP contribution is 2.30. The molecule has 32 heavy (non-hydrogen) atoms. The van der Waals surface area contributed by atoms with Crippen molar-refractivity contribution in [3.8, 4) is 17.2 Å². The summed E-state index contributed by atoms with van der Waals surface area (Å²) in [5.41, 5.74) is 0.370. The number of nitrogens with zero attached hydrogens (tertiary/aromatic N) is 1. The minimum absolute atomic E-state index is 0.0218. The van der Waals surface area contributed by atoms with Gasteiger partial charge in [-0.05, 0) is 49.4 Å². The topological polar surface area (TPSA) is 103 Å². The van der Waals surface area contributed by atoms with Crippen molar-refractivity contribution in [3.05, 3.63) is 42.5 Å². The van der Waals surface area contributed by atoms with Crippen molar-refractivity contribution in [2.24, 2.45) is 0 Å². The van der Waals surface area contributed by atoms with Crippen LogP contribution in [0.5, 0.6) is 17.2 Å². The van der Waals surface area contributed by atoms with Gasteiger partial charge in [0.2, 0.25) is 15.9 Å². The molecule has 1 aliphatic rings. The molecule has 0 unspecified atom stereocenters. The van der Waals surface area contributed by atoms with Crippen molar-refractivity contribution in [2.75, 3.05) is 51.9 Å². The van der Waals surface area contributed by atoms with Crippen molar-refractivity contribution >= 4 is 21.6 Å². The molecule has 2 aromatic carbocycles. The van der Waals surface area contributed by atoms with Crippen molar-refractivity contribution < 1.29 is 32.2 Å². The molecule has 10 heteroatoms. The lowest BCUT2D eigenvalue weighted by atomic mass is 10.3. The van der Waals surface area contributed by atoms with E-state index in [0.29, 0.717) is 37.0 Å². The van der Waals surface area contributed by atoms with Crippen LogP contribution >= 0.6 is 0 Å². The largest absolute Gasteiger partial charge is 0.497 e. The normalized spacial score (nSPS) is 14.6. The lowest BCUT2D eigenvalue weighted by molar-refractivity contribution is -0.116. The number of methoxy groups -OCH3 is 1. The van der Waals surface area contributed by atoms with Gasteiger partial charge < -0.3 is 24.3 Å². The lowest BCUT2D eigenvalue weighted by Gasteiger charge is -2.27. The first-order chi connectivity index (χ1) is 15.4. The number of ether oxygens (including phenoxy) is 4. The maximum atomic E-state index is 13.1. The minimum atomic E-state index is -3.79. The lowest BCUT2D eigenvalue weighted by Crippen LogP contribution is -2.40. The predicted molar refractivity (Wildman–Crippen MR) is 119 cm³/mol. The molecule has 2 aromatic rings. The van der Waals surface area contributed by atoms with Gasteiger partial charge in [-0.3, -0.25) is 4.79 Å². The van der Waals surface area contributed by atoms with Crippen LogP contribution in [-0.2, 0) is 19.6 Å². The van der Waals surface area contributed by atoms with Gasteiger partial charge in [0.05, 0.1) is 40.0 Å². The average Bonchev–Trinajstić information content (AvgIpc) is 2.81. The van der Waals surface area contributed by atoms with Crippen molar-refractivity contribution in [3.63, 3.8) is 0 Å². The Morgan fingerprint density at radius 3 is 2.41 bits per heavy atom. The third-order valence-electron chi connectivity index (χ3n) is 4.77. The van der Waals surface area contributed by atoms with E-state index < -0.39 is 10.0 Å². The Bertz CT molecular complexity index is 1000. The van der Waals surface area contributed by atoms with Crippen LogP contribution in [0, 0.1) is 0 Å². The van der Waals surface area contributed by atoms with Gasteiger partial charge in [-0.25, -0.2) is 8.42 Å². The summed E-state index contributed by atoms with van der Waals surface area (Å²) in [6.07, 6.45) is 0.102. The molecule has 0 aliphatic carbocycles. The number of benzene rings is 2. The molecule has 0 spiro atoms. The van der Waals surface area contributed by atoms with E-state index in [1.165, 1.54) is 10.4 Å². The van der Waals surface area contributed by atoms with E-state index in [1.54, 1.807) is 50.4 Å². The maximum absolute atomic E-state index is 13.1. The van der Waals surface area contributed by atoms with E-state index >= 15 is 0 Å². The third kappa shape index (κ3) is 6.12. The molecule has 1 aliphatic heterocycles. The van der Waals surface area contributed by atoms with Gasteiger partial charge in [0, 0.05) is 18.8 Å². The summed E-state index contributed by atoms with van der Waals surface area (Å²) in [5.74, 6) is 1.30. The Morgan fingerprint density at radius 1 is 1.06 bits per heavy atom. The highest BCUT2D eigenvalue weighted by molar-refractivity contribution is 7.89. The number of anilines is 1. The van der Waals surface area contributed by atoms with E-state index in [2.05, 4.69) is 5.32 Å². The standard InChI is InChI=1S/C22H28N2O7S/c1-3-30-20-9-4-17(16-21(20)32(26,27)24-11-14-29-15-12-24)23-22(25)10-13-31-19-7-5-18(28-2)6-8-19/h4-9,16H,3,10-15H2,1-2H3,(H,23,25). The van der Waals surface area contributed by atoms with Crippen LogP contribution in [0.3, 0.4) is 0 Å². The fourth-order valence-corrected chi connectivity index (χ4v) is 4.71. The van der Waals surface area contributed by atoms with Crippen LogP contribution in [-0.4, -0.2) is 65.3 Å². The molecule has 0 aromatic heterocycles. The zero-order valence-electron chi connectivity index (χ0n) is 18.2. The van der Waals surface area contributed by atoms with Crippen LogP contribution in [0.25, 0.3) is 0 Å². The van der Waals surface area contributed by atoms with Crippen molar-refractivity contribution in [1.82, 2.24) is 4.31 Å². The summed E-state index contributed by atoms with van der Waals surface area (Å²) >= 11 is 0. The van der Waals surface area contributed by atoms with Gasteiger partial charge in [0.15, 0.2) is 0 Å². The van der Waals surface area contributed by atoms with E-state index in [9.17, 15) is 13.2 Å². The molecule has 9 nitrogen and oxygen atoms in total. The molecule has 1 saturated heterocycles. The summed E-state index contributed by atoms with van der Waals surface area (Å²) < 4.78 is 49.1. The number of carbonyl (C=O) groups excluding carboxylic acids is 1. The van der Waals surface area contributed by atoms with Gasteiger partial charge in [-0.1, -0.05) is 0 Å². The van der Waals surface area contributed by atoms with Gasteiger partial charge >= 0.3 is 0 Å². The number of morpholine rings is 1. The molecular formula is C22H28N2O7S. The Morgan fingerprint density at radius 2 is 1.75 bits per heavy atom. The fourth-order valence-electron chi connectivity index (χ4n) is 3.15. The highest BCUT2D eigenvalue weighted by Gasteiger charge is 2.29. The second kappa shape index (κ2) is 11.2.